The highest BCUT2D eigenvalue weighted by Crippen LogP contribution is 2.36. The molecule has 0 saturated carbocycles. The molecule has 0 spiro atoms. The van der Waals surface area contributed by atoms with Gasteiger partial charge in [-0.1, -0.05) is 30.3 Å². The largest absolute Gasteiger partial charge is 0.496 e. The summed E-state index contributed by atoms with van der Waals surface area (Å²) in [5.41, 5.74) is 2.54. The Bertz CT molecular complexity index is 733. The van der Waals surface area contributed by atoms with Gasteiger partial charge in [0.15, 0.2) is 0 Å². The fraction of sp³-hybridized carbons (Fsp3) is 0.176. The zero-order chi connectivity index (χ0) is 13.9. The molecule has 2 aromatic carbocycles. The van der Waals surface area contributed by atoms with Crippen LogP contribution < -0.4 is 10.1 Å². The van der Waals surface area contributed by atoms with Gasteiger partial charge in [0.25, 0.3) is 0 Å². The van der Waals surface area contributed by atoms with Crippen LogP contribution in [0.3, 0.4) is 0 Å². The molecule has 0 saturated heterocycles. The third-order valence-electron chi connectivity index (χ3n) is 3.42. The first kappa shape index (κ1) is 13.2. The van der Waals surface area contributed by atoms with Crippen molar-refractivity contribution in [3.63, 3.8) is 0 Å². The van der Waals surface area contributed by atoms with Gasteiger partial charge < -0.3 is 10.1 Å². The molecule has 0 unspecified atom stereocenters. The van der Waals surface area contributed by atoms with Crippen LogP contribution in [0.2, 0.25) is 0 Å². The Labute approximate surface area is 123 Å². The first-order valence-electron chi connectivity index (χ1n) is 6.61. The van der Waals surface area contributed by atoms with E-state index in [-0.39, 0.29) is 0 Å². The SMILES string of the molecule is CNCc1cc(-c2ccc(OC)c3ccccc23)cs1. The van der Waals surface area contributed by atoms with Crippen LogP contribution in [0.15, 0.2) is 47.8 Å². The lowest BCUT2D eigenvalue weighted by atomic mass is 9.99. The average molecular weight is 283 g/mol. The van der Waals surface area contributed by atoms with E-state index in [0.717, 1.165) is 17.7 Å². The number of methoxy groups -OCH3 is 1. The predicted octanol–water partition coefficient (Wildman–Crippen LogP) is 4.30. The van der Waals surface area contributed by atoms with Gasteiger partial charge in [0.2, 0.25) is 0 Å². The molecule has 1 N–H and O–H groups in total. The Kier molecular flexibility index (Phi) is 3.72. The predicted molar refractivity (Wildman–Crippen MR) is 86.6 cm³/mol. The van der Waals surface area contributed by atoms with E-state index in [1.165, 1.54) is 21.4 Å². The topological polar surface area (TPSA) is 21.3 Å². The molecule has 0 aliphatic carbocycles. The van der Waals surface area contributed by atoms with Gasteiger partial charge in [-0.05, 0) is 41.1 Å². The molecule has 102 valence electrons. The minimum atomic E-state index is 0.915. The maximum atomic E-state index is 5.45. The van der Waals surface area contributed by atoms with Gasteiger partial charge in [0.05, 0.1) is 7.11 Å². The van der Waals surface area contributed by atoms with E-state index in [4.69, 9.17) is 4.74 Å². The van der Waals surface area contributed by atoms with Gasteiger partial charge in [-0.3, -0.25) is 0 Å². The van der Waals surface area contributed by atoms with E-state index in [1.54, 1.807) is 18.4 Å². The van der Waals surface area contributed by atoms with Gasteiger partial charge in [-0.2, -0.15) is 0 Å². The maximum Gasteiger partial charge on any atom is 0.126 e. The monoisotopic (exact) mass is 283 g/mol. The van der Waals surface area contributed by atoms with Crippen LogP contribution in [0.1, 0.15) is 4.88 Å². The summed E-state index contributed by atoms with van der Waals surface area (Å²) in [6.45, 7) is 0.915. The molecule has 0 amide bonds. The van der Waals surface area contributed by atoms with E-state index in [0.29, 0.717) is 0 Å². The quantitative estimate of drug-likeness (QED) is 0.771. The summed E-state index contributed by atoms with van der Waals surface area (Å²) in [6.07, 6.45) is 0. The summed E-state index contributed by atoms with van der Waals surface area (Å²) in [6, 6.07) is 14.8. The fourth-order valence-corrected chi connectivity index (χ4v) is 3.39. The molecule has 20 heavy (non-hydrogen) atoms. The van der Waals surface area contributed by atoms with E-state index in [1.807, 2.05) is 13.1 Å². The molecule has 3 heteroatoms. The number of hydrogen-bond donors (Lipinski definition) is 1. The molecule has 2 nitrogen and oxygen atoms in total. The van der Waals surface area contributed by atoms with Crippen LogP contribution in [0.4, 0.5) is 0 Å². The van der Waals surface area contributed by atoms with Crippen molar-refractivity contribution in [2.75, 3.05) is 14.2 Å². The second kappa shape index (κ2) is 5.65. The van der Waals surface area contributed by atoms with Crippen LogP contribution in [-0.2, 0) is 6.54 Å². The Morgan fingerprint density at radius 3 is 2.65 bits per heavy atom. The van der Waals surface area contributed by atoms with Crippen molar-refractivity contribution in [1.29, 1.82) is 0 Å². The number of fused-ring (bicyclic) bond motifs is 1. The lowest BCUT2D eigenvalue weighted by Crippen LogP contribution is -2.02. The standard InChI is InChI=1S/C17H17NOS/c1-18-10-13-9-12(11-20-13)14-7-8-17(19-2)16-6-4-3-5-15(14)16/h3-9,11,18H,10H2,1-2H3. The van der Waals surface area contributed by atoms with E-state index in [2.05, 4.69) is 47.1 Å². The lowest BCUT2D eigenvalue weighted by Gasteiger charge is -2.09. The Hall–Kier alpha value is -1.84. The zero-order valence-electron chi connectivity index (χ0n) is 11.6. The van der Waals surface area contributed by atoms with Crippen molar-refractivity contribution in [2.24, 2.45) is 0 Å². The van der Waals surface area contributed by atoms with Crippen molar-refractivity contribution in [3.8, 4) is 16.9 Å². The smallest absolute Gasteiger partial charge is 0.126 e. The Balaban J connectivity index is 2.15. The molecular weight excluding hydrogens is 266 g/mol. The molecule has 3 aromatic rings. The molecule has 1 aromatic heterocycles. The molecule has 0 aliphatic heterocycles. The van der Waals surface area contributed by atoms with Crippen molar-refractivity contribution in [2.45, 2.75) is 6.54 Å². The van der Waals surface area contributed by atoms with Gasteiger partial charge >= 0.3 is 0 Å². The Morgan fingerprint density at radius 2 is 1.90 bits per heavy atom. The van der Waals surface area contributed by atoms with Gasteiger partial charge in [-0.25, -0.2) is 0 Å². The van der Waals surface area contributed by atoms with Gasteiger partial charge in [-0.15, -0.1) is 11.3 Å². The molecule has 0 radical (unpaired) electrons. The normalized spacial score (nSPS) is 10.9. The van der Waals surface area contributed by atoms with Gasteiger partial charge in [0.1, 0.15) is 5.75 Å². The summed E-state index contributed by atoms with van der Waals surface area (Å²) < 4.78 is 5.45. The summed E-state index contributed by atoms with van der Waals surface area (Å²) >= 11 is 1.79. The molecule has 0 fully saturated rings. The molecule has 1 heterocycles. The number of nitrogens with one attached hydrogen (secondary N) is 1. The van der Waals surface area contributed by atoms with Crippen molar-refractivity contribution >= 4 is 22.1 Å². The zero-order valence-corrected chi connectivity index (χ0v) is 12.5. The van der Waals surface area contributed by atoms with Crippen molar-refractivity contribution in [1.82, 2.24) is 5.32 Å². The fourth-order valence-electron chi connectivity index (χ4n) is 2.49. The summed E-state index contributed by atoms with van der Waals surface area (Å²) in [5, 5.41) is 7.82. The van der Waals surface area contributed by atoms with Crippen LogP contribution in [0, 0.1) is 0 Å². The van der Waals surface area contributed by atoms with E-state index in [9.17, 15) is 0 Å². The van der Waals surface area contributed by atoms with Crippen molar-refractivity contribution < 1.29 is 4.74 Å². The van der Waals surface area contributed by atoms with Crippen LogP contribution in [0.25, 0.3) is 21.9 Å². The summed E-state index contributed by atoms with van der Waals surface area (Å²) in [4.78, 5) is 1.35. The molecular formula is C17H17NOS. The molecule has 0 bridgehead atoms. The lowest BCUT2D eigenvalue weighted by molar-refractivity contribution is 0.420. The number of thiophene rings is 1. The summed E-state index contributed by atoms with van der Waals surface area (Å²) in [5.74, 6) is 0.926. The number of hydrogen-bond acceptors (Lipinski definition) is 3. The highest BCUT2D eigenvalue weighted by atomic mass is 32.1. The second-order valence-electron chi connectivity index (χ2n) is 4.69. The Morgan fingerprint density at radius 1 is 1.10 bits per heavy atom. The van der Waals surface area contributed by atoms with Crippen molar-refractivity contribution in [3.05, 3.63) is 52.7 Å². The number of benzene rings is 2. The van der Waals surface area contributed by atoms with Gasteiger partial charge in [0, 0.05) is 16.8 Å². The maximum absolute atomic E-state index is 5.45. The first-order valence-corrected chi connectivity index (χ1v) is 7.49. The highest BCUT2D eigenvalue weighted by molar-refractivity contribution is 7.10. The third kappa shape index (κ3) is 2.30. The van der Waals surface area contributed by atoms with E-state index >= 15 is 0 Å². The minimum Gasteiger partial charge on any atom is -0.496 e. The number of ether oxygens (including phenoxy) is 1. The highest BCUT2D eigenvalue weighted by Gasteiger charge is 2.09. The third-order valence-corrected chi connectivity index (χ3v) is 4.36. The molecule has 3 rings (SSSR count). The molecule has 0 aliphatic rings. The number of rotatable bonds is 4. The first-order chi connectivity index (χ1) is 9.83. The van der Waals surface area contributed by atoms with Crippen LogP contribution in [0.5, 0.6) is 5.75 Å². The van der Waals surface area contributed by atoms with Crippen LogP contribution >= 0.6 is 11.3 Å². The average Bonchev–Trinajstić information content (AvgIpc) is 2.95. The van der Waals surface area contributed by atoms with Crippen LogP contribution in [-0.4, -0.2) is 14.2 Å². The molecule has 0 atom stereocenters. The summed E-state index contributed by atoms with van der Waals surface area (Å²) in [7, 11) is 3.69. The van der Waals surface area contributed by atoms with E-state index < -0.39 is 0 Å². The minimum absolute atomic E-state index is 0.915. The second-order valence-corrected chi connectivity index (χ2v) is 5.69.